The minimum Gasteiger partial charge on any atom is -0.353 e. The normalized spacial score (nSPS) is 28.1. The van der Waals surface area contributed by atoms with Crippen molar-refractivity contribution < 1.29 is 18.0 Å². The van der Waals surface area contributed by atoms with Gasteiger partial charge in [0.2, 0.25) is 5.91 Å². The molecule has 1 saturated heterocycles. The average Bonchev–Trinajstić information content (AvgIpc) is 3.46. The van der Waals surface area contributed by atoms with Crippen molar-refractivity contribution in [2.75, 3.05) is 19.6 Å². The van der Waals surface area contributed by atoms with Gasteiger partial charge in [0, 0.05) is 25.0 Å². The highest BCUT2D eigenvalue weighted by atomic mass is 19.4. The molecule has 4 fully saturated rings. The second kappa shape index (κ2) is 12.1. The SMILES string of the molecule is O=C(N[C@H]1CC[C@H]2CN(CCCc3ccc(C(F)(F)F)cc3)C[C@H]21)C(C1CCCCC1)C1CCCCC1. The van der Waals surface area contributed by atoms with Gasteiger partial charge in [0.15, 0.2) is 0 Å². The predicted octanol–water partition coefficient (Wildman–Crippen LogP) is 7.24. The number of benzene rings is 1. The number of alkyl halides is 3. The van der Waals surface area contributed by atoms with Crippen molar-refractivity contribution in [2.24, 2.45) is 29.6 Å². The van der Waals surface area contributed by atoms with Gasteiger partial charge in [-0.2, -0.15) is 13.2 Å². The van der Waals surface area contributed by atoms with Gasteiger partial charge in [-0.25, -0.2) is 0 Å². The van der Waals surface area contributed by atoms with E-state index in [-0.39, 0.29) is 5.92 Å². The van der Waals surface area contributed by atoms with Crippen LogP contribution in [0, 0.1) is 29.6 Å². The van der Waals surface area contributed by atoms with E-state index in [1.807, 2.05) is 0 Å². The topological polar surface area (TPSA) is 32.3 Å². The van der Waals surface area contributed by atoms with E-state index in [0.717, 1.165) is 44.5 Å². The quantitative estimate of drug-likeness (QED) is 0.393. The molecule has 206 valence electrons. The summed E-state index contributed by atoms with van der Waals surface area (Å²) in [7, 11) is 0. The van der Waals surface area contributed by atoms with E-state index >= 15 is 0 Å². The molecule has 1 aliphatic heterocycles. The number of nitrogens with one attached hydrogen (secondary N) is 1. The molecule has 0 aromatic heterocycles. The molecular weight excluding hydrogens is 473 g/mol. The molecule has 3 saturated carbocycles. The first-order valence-corrected chi connectivity index (χ1v) is 15.1. The van der Waals surface area contributed by atoms with Crippen LogP contribution in [0.5, 0.6) is 0 Å². The summed E-state index contributed by atoms with van der Waals surface area (Å²) in [5, 5.41) is 3.61. The molecule has 4 aliphatic rings. The van der Waals surface area contributed by atoms with Crippen molar-refractivity contribution in [1.82, 2.24) is 10.2 Å². The lowest BCUT2D eigenvalue weighted by Gasteiger charge is -2.37. The fourth-order valence-electron chi connectivity index (χ4n) is 8.17. The molecule has 0 spiro atoms. The molecule has 5 rings (SSSR count). The first-order chi connectivity index (χ1) is 17.9. The van der Waals surface area contributed by atoms with Crippen molar-refractivity contribution in [3.05, 3.63) is 35.4 Å². The summed E-state index contributed by atoms with van der Waals surface area (Å²) >= 11 is 0. The van der Waals surface area contributed by atoms with Crippen LogP contribution in [-0.4, -0.2) is 36.5 Å². The fraction of sp³-hybridized carbons (Fsp3) is 0.774. The van der Waals surface area contributed by atoms with Crippen LogP contribution < -0.4 is 5.32 Å². The summed E-state index contributed by atoms with van der Waals surface area (Å²) in [4.78, 5) is 16.3. The molecule has 1 aromatic carbocycles. The van der Waals surface area contributed by atoms with Crippen LogP contribution in [0.15, 0.2) is 24.3 Å². The lowest BCUT2D eigenvalue weighted by molar-refractivity contribution is -0.137. The molecule has 37 heavy (non-hydrogen) atoms. The molecule has 0 bridgehead atoms. The molecule has 0 radical (unpaired) electrons. The molecule has 3 atom stereocenters. The number of carbonyl (C=O) groups is 1. The number of nitrogens with zero attached hydrogens (tertiary/aromatic N) is 1. The van der Waals surface area contributed by atoms with Crippen molar-refractivity contribution in [3.8, 4) is 0 Å². The maximum absolute atomic E-state index is 13.8. The van der Waals surface area contributed by atoms with Crippen molar-refractivity contribution in [1.29, 1.82) is 0 Å². The Hall–Kier alpha value is -1.56. The zero-order chi connectivity index (χ0) is 25.8. The van der Waals surface area contributed by atoms with E-state index in [4.69, 9.17) is 0 Å². The molecule has 6 heteroatoms. The smallest absolute Gasteiger partial charge is 0.353 e. The van der Waals surface area contributed by atoms with E-state index < -0.39 is 11.7 Å². The standard InChI is InChI=1S/C31H45F3N2O/c32-31(33,34)26-16-13-22(14-17-26)8-7-19-36-20-25-15-18-28(27(25)21-36)35-30(37)29(23-9-3-1-4-10-23)24-11-5-2-6-12-24/h13-14,16-17,23-25,27-29H,1-12,15,18-21H2,(H,35,37)/t25-,27+,28-/m0/s1. The Balaban J connectivity index is 1.12. The van der Waals surface area contributed by atoms with Crippen molar-refractivity contribution in [2.45, 2.75) is 102 Å². The lowest BCUT2D eigenvalue weighted by Crippen LogP contribution is -2.47. The number of amides is 1. The zero-order valence-corrected chi connectivity index (χ0v) is 22.3. The maximum Gasteiger partial charge on any atom is 0.416 e. The molecule has 1 N–H and O–H groups in total. The molecule has 3 aliphatic carbocycles. The highest BCUT2D eigenvalue weighted by Crippen LogP contribution is 2.42. The predicted molar refractivity (Wildman–Crippen MR) is 141 cm³/mol. The van der Waals surface area contributed by atoms with Gasteiger partial charge in [-0.05, 0) is 99.3 Å². The largest absolute Gasteiger partial charge is 0.416 e. The summed E-state index contributed by atoms with van der Waals surface area (Å²) in [5.41, 5.74) is 0.389. The minimum atomic E-state index is -4.27. The van der Waals surface area contributed by atoms with Crippen LogP contribution in [0.2, 0.25) is 0 Å². The fourth-order valence-corrected chi connectivity index (χ4v) is 8.17. The molecule has 3 nitrogen and oxygen atoms in total. The van der Waals surface area contributed by atoms with E-state index in [9.17, 15) is 18.0 Å². The van der Waals surface area contributed by atoms with Gasteiger partial charge in [0.05, 0.1) is 5.56 Å². The third kappa shape index (κ3) is 6.72. The number of carbonyl (C=O) groups excluding carboxylic acids is 1. The van der Waals surface area contributed by atoms with Crippen LogP contribution in [0.1, 0.15) is 94.6 Å². The second-order valence-corrected chi connectivity index (χ2v) is 12.5. The van der Waals surface area contributed by atoms with E-state index in [2.05, 4.69) is 10.2 Å². The van der Waals surface area contributed by atoms with Crippen LogP contribution in [-0.2, 0) is 17.4 Å². The highest BCUT2D eigenvalue weighted by molar-refractivity contribution is 5.79. The Morgan fingerprint density at radius 1 is 0.865 bits per heavy atom. The van der Waals surface area contributed by atoms with Gasteiger partial charge in [-0.1, -0.05) is 50.7 Å². The number of fused-ring (bicyclic) bond motifs is 1. The van der Waals surface area contributed by atoms with Gasteiger partial charge in [0.25, 0.3) is 0 Å². The van der Waals surface area contributed by atoms with Crippen molar-refractivity contribution in [3.63, 3.8) is 0 Å². The zero-order valence-electron chi connectivity index (χ0n) is 22.3. The lowest BCUT2D eigenvalue weighted by atomic mass is 9.69. The number of hydrogen-bond acceptors (Lipinski definition) is 2. The Labute approximate surface area is 220 Å². The van der Waals surface area contributed by atoms with Gasteiger partial charge in [0.1, 0.15) is 0 Å². The van der Waals surface area contributed by atoms with E-state index in [1.165, 1.54) is 82.8 Å². The van der Waals surface area contributed by atoms with Crippen LogP contribution in [0.3, 0.4) is 0 Å². The number of hydrogen-bond donors (Lipinski definition) is 1. The number of likely N-dealkylation sites (tertiary alicyclic amines) is 1. The van der Waals surface area contributed by atoms with Gasteiger partial charge in [-0.15, -0.1) is 0 Å². The van der Waals surface area contributed by atoms with Crippen LogP contribution in [0.25, 0.3) is 0 Å². The highest BCUT2D eigenvalue weighted by Gasteiger charge is 2.44. The van der Waals surface area contributed by atoms with Crippen LogP contribution >= 0.6 is 0 Å². The molecule has 1 amide bonds. The van der Waals surface area contributed by atoms with E-state index in [1.54, 1.807) is 12.1 Å². The monoisotopic (exact) mass is 518 g/mol. The summed E-state index contributed by atoms with van der Waals surface area (Å²) in [5.74, 6) is 2.97. The maximum atomic E-state index is 13.8. The Bertz CT molecular complexity index is 855. The summed E-state index contributed by atoms with van der Waals surface area (Å²) in [6.07, 6.45) is 12.5. The summed E-state index contributed by atoms with van der Waals surface area (Å²) < 4.78 is 38.4. The Kier molecular flexibility index (Phi) is 8.83. The number of halogens is 3. The van der Waals surface area contributed by atoms with Gasteiger partial charge < -0.3 is 10.2 Å². The van der Waals surface area contributed by atoms with E-state index in [0.29, 0.717) is 35.6 Å². The van der Waals surface area contributed by atoms with Gasteiger partial charge >= 0.3 is 6.18 Å². The number of rotatable bonds is 8. The Morgan fingerprint density at radius 3 is 2.08 bits per heavy atom. The number of aryl methyl sites for hydroxylation is 1. The second-order valence-electron chi connectivity index (χ2n) is 12.5. The summed E-state index contributed by atoms with van der Waals surface area (Å²) in [6.45, 7) is 3.11. The third-order valence-electron chi connectivity index (χ3n) is 10.1. The van der Waals surface area contributed by atoms with Gasteiger partial charge in [-0.3, -0.25) is 4.79 Å². The third-order valence-corrected chi connectivity index (χ3v) is 10.1. The average molecular weight is 519 g/mol. The first-order valence-electron chi connectivity index (χ1n) is 15.1. The first kappa shape index (κ1) is 27.0. The summed E-state index contributed by atoms with van der Waals surface area (Å²) in [6, 6.07) is 5.92. The van der Waals surface area contributed by atoms with Crippen LogP contribution in [0.4, 0.5) is 13.2 Å². The Morgan fingerprint density at radius 2 is 1.49 bits per heavy atom. The molecule has 0 unspecified atom stereocenters. The van der Waals surface area contributed by atoms with Crippen molar-refractivity contribution >= 4 is 5.91 Å². The molecule has 1 aromatic rings. The minimum absolute atomic E-state index is 0.223. The molecule has 1 heterocycles. The molecular formula is C31H45F3N2O.